The van der Waals surface area contributed by atoms with Crippen molar-refractivity contribution in [2.45, 2.75) is 12.8 Å². The molecule has 114 valence electrons. The monoisotopic (exact) mass is 317 g/mol. The van der Waals surface area contributed by atoms with Crippen molar-refractivity contribution in [2.24, 2.45) is 0 Å². The van der Waals surface area contributed by atoms with Crippen molar-refractivity contribution in [2.75, 3.05) is 17.3 Å². The van der Waals surface area contributed by atoms with Gasteiger partial charge in [0.15, 0.2) is 0 Å². The lowest BCUT2D eigenvalue weighted by Crippen LogP contribution is -2.31. The van der Waals surface area contributed by atoms with Crippen LogP contribution in [0.1, 0.15) is 22.3 Å². The summed E-state index contributed by atoms with van der Waals surface area (Å²) in [5, 5.41) is 2.85. The molecule has 1 aromatic carbocycles. The first kappa shape index (κ1) is 16.0. The molecule has 0 saturated heterocycles. The summed E-state index contributed by atoms with van der Waals surface area (Å²) in [6, 6.07) is 9.04. The third-order valence-electron chi connectivity index (χ3n) is 3.60. The van der Waals surface area contributed by atoms with Gasteiger partial charge in [0.05, 0.1) is 5.56 Å². The van der Waals surface area contributed by atoms with Crippen LogP contribution in [-0.2, 0) is 11.2 Å². The number of amides is 2. The van der Waals surface area contributed by atoms with E-state index in [9.17, 15) is 9.59 Å². The van der Waals surface area contributed by atoms with Crippen LogP contribution >= 0.6 is 12.4 Å². The molecule has 0 unspecified atom stereocenters. The molecule has 0 atom stereocenters. The summed E-state index contributed by atoms with van der Waals surface area (Å²) in [4.78, 5) is 29.3. The molecule has 2 aromatic rings. The normalized spacial score (nSPS) is 13.1. The molecule has 0 radical (unpaired) electrons. The number of rotatable bonds is 2. The Hall–Kier alpha value is -2.40. The van der Waals surface area contributed by atoms with E-state index >= 15 is 0 Å². The average molecular weight is 318 g/mol. The van der Waals surface area contributed by atoms with E-state index in [-0.39, 0.29) is 24.2 Å². The minimum absolute atomic E-state index is 0. The number of aryl methyl sites for hydroxylation is 1. The van der Waals surface area contributed by atoms with Crippen molar-refractivity contribution < 1.29 is 9.59 Å². The van der Waals surface area contributed by atoms with E-state index in [1.165, 1.54) is 6.20 Å². The largest absolute Gasteiger partial charge is 0.322 e. The molecule has 5 nitrogen and oxygen atoms in total. The molecule has 1 aliphatic heterocycles. The van der Waals surface area contributed by atoms with E-state index in [2.05, 4.69) is 10.3 Å². The lowest BCUT2D eigenvalue weighted by molar-refractivity contribution is -0.118. The Morgan fingerprint density at radius 2 is 2.09 bits per heavy atom. The number of fused-ring (bicyclic) bond motifs is 1. The first-order chi connectivity index (χ1) is 10.1. The lowest BCUT2D eigenvalue weighted by atomic mass is 10.0. The maximum absolute atomic E-state index is 12.1. The summed E-state index contributed by atoms with van der Waals surface area (Å²) in [5.74, 6) is -0.0714. The zero-order valence-electron chi connectivity index (χ0n) is 12.1. The molecule has 6 heteroatoms. The van der Waals surface area contributed by atoms with Gasteiger partial charge in [0, 0.05) is 37.2 Å². The number of hydrogen-bond acceptors (Lipinski definition) is 3. The van der Waals surface area contributed by atoms with E-state index in [1.54, 1.807) is 30.3 Å². The molecule has 0 bridgehead atoms. The van der Waals surface area contributed by atoms with Crippen LogP contribution in [0.3, 0.4) is 0 Å². The fourth-order valence-corrected chi connectivity index (χ4v) is 2.43. The number of aromatic nitrogens is 1. The van der Waals surface area contributed by atoms with Crippen LogP contribution in [0.15, 0.2) is 42.7 Å². The van der Waals surface area contributed by atoms with Gasteiger partial charge < -0.3 is 10.2 Å². The van der Waals surface area contributed by atoms with Crippen molar-refractivity contribution in [3.05, 3.63) is 53.9 Å². The highest BCUT2D eigenvalue weighted by Gasteiger charge is 2.21. The third kappa shape index (κ3) is 3.09. The van der Waals surface area contributed by atoms with Gasteiger partial charge in [-0.1, -0.05) is 0 Å². The van der Waals surface area contributed by atoms with Crippen molar-refractivity contribution in [3.63, 3.8) is 0 Å². The number of anilines is 2. The summed E-state index contributed by atoms with van der Waals surface area (Å²) >= 11 is 0. The highest BCUT2D eigenvalue weighted by Crippen LogP contribution is 2.29. The summed E-state index contributed by atoms with van der Waals surface area (Å²) < 4.78 is 0. The molecular weight excluding hydrogens is 302 g/mol. The quantitative estimate of drug-likeness (QED) is 0.926. The fraction of sp³-hybridized carbons (Fsp3) is 0.188. The van der Waals surface area contributed by atoms with Crippen LogP contribution in [-0.4, -0.2) is 23.8 Å². The minimum Gasteiger partial charge on any atom is -0.322 e. The van der Waals surface area contributed by atoms with Crippen molar-refractivity contribution in [3.8, 4) is 0 Å². The Kier molecular flexibility index (Phi) is 4.78. The van der Waals surface area contributed by atoms with E-state index in [0.717, 1.165) is 16.9 Å². The Morgan fingerprint density at radius 3 is 2.82 bits per heavy atom. The number of hydrogen-bond donors (Lipinski definition) is 1. The number of nitrogens with one attached hydrogen (secondary N) is 1. The molecule has 2 amide bonds. The number of pyridine rings is 1. The van der Waals surface area contributed by atoms with Gasteiger partial charge in [-0.2, -0.15) is 0 Å². The Bertz CT molecular complexity index is 704. The number of halogens is 1. The molecule has 1 N–H and O–H groups in total. The minimum atomic E-state index is -0.191. The molecule has 0 aliphatic carbocycles. The first-order valence-electron chi connectivity index (χ1n) is 6.76. The third-order valence-corrected chi connectivity index (χ3v) is 3.60. The molecule has 0 fully saturated rings. The molecule has 0 spiro atoms. The van der Waals surface area contributed by atoms with Crippen LogP contribution in [0.25, 0.3) is 0 Å². The zero-order chi connectivity index (χ0) is 14.8. The maximum atomic E-state index is 12.1. The summed E-state index contributed by atoms with van der Waals surface area (Å²) in [7, 11) is 1.77. The number of carbonyl (C=O) groups is 2. The average Bonchev–Trinajstić information content (AvgIpc) is 2.52. The van der Waals surface area contributed by atoms with Gasteiger partial charge in [0.1, 0.15) is 0 Å². The van der Waals surface area contributed by atoms with E-state index in [4.69, 9.17) is 0 Å². The van der Waals surface area contributed by atoms with Crippen LogP contribution in [0.2, 0.25) is 0 Å². The van der Waals surface area contributed by atoms with Crippen molar-refractivity contribution in [1.82, 2.24) is 4.98 Å². The first-order valence-corrected chi connectivity index (χ1v) is 6.76. The van der Waals surface area contributed by atoms with E-state index in [1.807, 2.05) is 18.2 Å². The summed E-state index contributed by atoms with van der Waals surface area (Å²) in [6.07, 6.45) is 4.36. The Balaban J connectivity index is 0.00000176. The van der Waals surface area contributed by atoms with Gasteiger partial charge in [-0.05, 0) is 42.3 Å². The van der Waals surface area contributed by atoms with Gasteiger partial charge in [-0.25, -0.2) is 0 Å². The molecule has 1 aliphatic rings. The van der Waals surface area contributed by atoms with Crippen LogP contribution in [0, 0.1) is 0 Å². The van der Waals surface area contributed by atoms with E-state index in [0.29, 0.717) is 18.4 Å². The van der Waals surface area contributed by atoms with E-state index < -0.39 is 0 Å². The standard InChI is InChI=1S/C16H15N3O2.ClH/c1-19-14-6-5-13(9-11(14)4-7-15(19)20)18-16(21)12-3-2-8-17-10-12;/h2-3,5-6,8-10H,4,7H2,1H3,(H,18,21);1H. The SMILES string of the molecule is CN1C(=O)CCc2cc(NC(=O)c3cccnc3)ccc21.Cl. The highest BCUT2D eigenvalue weighted by atomic mass is 35.5. The lowest BCUT2D eigenvalue weighted by Gasteiger charge is -2.26. The number of nitrogens with zero attached hydrogens (tertiary/aromatic N) is 2. The second-order valence-corrected chi connectivity index (χ2v) is 4.99. The highest BCUT2D eigenvalue weighted by molar-refractivity contribution is 6.04. The molecule has 3 rings (SSSR count). The fourth-order valence-electron chi connectivity index (χ4n) is 2.43. The predicted molar refractivity (Wildman–Crippen MR) is 87.6 cm³/mol. The van der Waals surface area contributed by atoms with Gasteiger partial charge in [0.2, 0.25) is 5.91 Å². The second-order valence-electron chi connectivity index (χ2n) is 4.99. The summed E-state index contributed by atoms with van der Waals surface area (Å²) in [5.41, 5.74) is 3.22. The maximum Gasteiger partial charge on any atom is 0.257 e. The molecule has 2 heterocycles. The number of benzene rings is 1. The second kappa shape index (κ2) is 6.58. The van der Waals surface area contributed by atoms with Gasteiger partial charge in [-0.15, -0.1) is 12.4 Å². The Labute approximate surface area is 134 Å². The van der Waals surface area contributed by atoms with Crippen LogP contribution < -0.4 is 10.2 Å². The molecular formula is C16H16ClN3O2. The smallest absolute Gasteiger partial charge is 0.257 e. The Morgan fingerprint density at radius 1 is 1.27 bits per heavy atom. The topological polar surface area (TPSA) is 62.3 Å². The summed E-state index contributed by atoms with van der Waals surface area (Å²) in [6.45, 7) is 0. The molecule has 22 heavy (non-hydrogen) atoms. The van der Waals surface area contributed by atoms with Crippen molar-refractivity contribution >= 4 is 35.6 Å². The van der Waals surface area contributed by atoms with Gasteiger partial charge in [-0.3, -0.25) is 14.6 Å². The molecule has 0 saturated carbocycles. The van der Waals surface area contributed by atoms with Crippen LogP contribution in [0.4, 0.5) is 11.4 Å². The number of carbonyl (C=O) groups excluding carboxylic acids is 2. The van der Waals surface area contributed by atoms with Gasteiger partial charge in [0.25, 0.3) is 5.91 Å². The van der Waals surface area contributed by atoms with Gasteiger partial charge >= 0.3 is 0 Å². The van der Waals surface area contributed by atoms with Crippen LogP contribution in [0.5, 0.6) is 0 Å². The van der Waals surface area contributed by atoms with Crippen molar-refractivity contribution in [1.29, 1.82) is 0 Å². The predicted octanol–water partition coefficient (Wildman–Crippen LogP) is 2.66. The molecule has 1 aromatic heterocycles. The zero-order valence-corrected chi connectivity index (χ0v) is 12.9.